The first-order chi connectivity index (χ1) is 8.20. The van der Waals surface area contributed by atoms with Gasteiger partial charge in [0.1, 0.15) is 0 Å². The number of hydrogen-bond donors (Lipinski definition) is 1. The summed E-state index contributed by atoms with van der Waals surface area (Å²) in [6, 6.07) is 6.62. The van der Waals surface area contributed by atoms with E-state index in [0.29, 0.717) is 6.04 Å². The van der Waals surface area contributed by atoms with Gasteiger partial charge in [0.15, 0.2) is 0 Å². The maximum atomic E-state index is 4.04. The molecule has 17 heavy (non-hydrogen) atoms. The van der Waals surface area contributed by atoms with Crippen molar-refractivity contribution >= 4 is 43.2 Å². The molecule has 2 aromatic heterocycles. The lowest BCUT2D eigenvalue weighted by Crippen LogP contribution is -2.17. The Kier molecular flexibility index (Phi) is 4.73. The molecule has 0 bridgehead atoms. The number of likely N-dealkylation sites (N-methyl/N-ethyl adjacent to an activating group) is 1. The number of pyridine rings is 1. The lowest BCUT2D eigenvalue weighted by molar-refractivity contribution is 0.601. The van der Waals surface area contributed by atoms with Crippen molar-refractivity contribution in [2.24, 2.45) is 0 Å². The van der Waals surface area contributed by atoms with Crippen LogP contribution in [0.4, 0.5) is 0 Å². The fourth-order valence-corrected chi connectivity index (χ4v) is 3.83. The zero-order valence-electron chi connectivity index (χ0n) is 9.28. The third kappa shape index (κ3) is 3.37. The lowest BCUT2D eigenvalue weighted by atomic mass is 10.1. The summed E-state index contributed by atoms with van der Waals surface area (Å²) in [6.45, 7) is 0. The molecule has 0 radical (unpaired) electrons. The van der Waals surface area contributed by atoms with Gasteiger partial charge in [0, 0.05) is 27.8 Å². The predicted octanol–water partition coefficient (Wildman–Crippen LogP) is 4.17. The number of nitrogens with one attached hydrogen (secondary N) is 1. The number of rotatable bonds is 4. The summed E-state index contributed by atoms with van der Waals surface area (Å²) in [5.74, 6) is 0. The normalized spacial score (nSPS) is 12.6. The summed E-state index contributed by atoms with van der Waals surface area (Å²) >= 11 is 8.82. The first-order valence-electron chi connectivity index (χ1n) is 5.21. The molecule has 0 fully saturated rings. The van der Waals surface area contributed by atoms with Crippen LogP contribution in [0, 0.1) is 0 Å². The van der Waals surface area contributed by atoms with E-state index in [-0.39, 0.29) is 0 Å². The van der Waals surface area contributed by atoms with Gasteiger partial charge >= 0.3 is 0 Å². The highest BCUT2D eigenvalue weighted by Crippen LogP contribution is 2.36. The Hall–Kier alpha value is -0.230. The quantitative estimate of drug-likeness (QED) is 0.867. The Morgan fingerprint density at radius 1 is 1.35 bits per heavy atom. The van der Waals surface area contributed by atoms with E-state index in [0.717, 1.165) is 14.7 Å². The Balaban J connectivity index is 2.17. The maximum Gasteiger partial charge on any atom is 0.0843 e. The molecule has 0 spiro atoms. The van der Waals surface area contributed by atoms with Crippen LogP contribution in [0.15, 0.2) is 38.9 Å². The molecule has 1 N–H and O–H groups in total. The number of thiophene rings is 1. The fourth-order valence-electron chi connectivity index (χ4n) is 1.63. The molecule has 0 aliphatic rings. The van der Waals surface area contributed by atoms with Gasteiger partial charge in [-0.3, -0.25) is 4.98 Å². The minimum atomic E-state index is 0.338. The largest absolute Gasteiger partial charge is 0.312 e. The Labute approximate surface area is 122 Å². The summed E-state index contributed by atoms with van der Waals surface area (Å²) in [4.78, 5) is 5.36. The second-order valence-electron chi connectivity index (χ2n) is 3.67. The van der Waals surface area contributed by atoms with Gasteiger partial charge in [0.05, 0.1) is 3.79 Å². The molecule has 2 heterocycles. The molecule has 0 saturated heterocycles. The average Bonchev–Trinajstić information content (AvgIpc) is 2.68. The van der Waals surface area contributed by atoms with E-state index in [4.69, 9.17) is 0 Å². The monoisotopic (exact) mass is 374 g/mol. The topological polar surface area (TPSA) is 24.9 Å². The Morgan fingerprint density at radius 2 is 2.06 bits per heavy atom. The highest BCUT2D eigenvalue weighted by molar-refractivity contribution is 9.13. The van der Waals surface area contributed by atoms with E-state index in [2.05, 4.69) is 60.4 Å². The van der Waals surface area contributed by atoms with Crippen LogP contribution < -0.4 is 5.32 Å². The van der Waals surface area contributed by atoms with Crippen molar-refractivity contribution in [3.05, 3.63) is 49.3 Å². The van der Waals surface area contributed by atoms with Gasteiger partial charge in [-0.25, -0.2) is 0 Å². The molecule has 0 aliphatic carbocycles. The van der Waals surface area contributed by atoms with Gasteiger partial charge < -0.3 is 5.32 Å². The van der Waals surface area contributed by atoms with E-state index in [1.54, 1.807) is 11.3 Å². The second-order valence-corrected chi connectivity index (χ2v) is 6.93. The minimum absolute atomic E-state index is 0.338. The van der Waals surface area contributed by atoms with Gasteiger partial charge in [-0.2, -0.15) is 0 Å². The van der Waals surface area contributed by atoms with Gasteiger partial charge in [-0.1, -0.05) is 0 Å². The van der Waals surface area contributed by atoms with Crippen LogP contribution >= 0.6 is 43.2 Å². The molecule has 2 rings (SSSR count). The van der Waals surface area contributed by atoms with Crippen LogP contribution in [-0.4, -0.2) is 12.0 Å². The fraction of sp³-hybridized carbons (Fsp3) is 0.250. The van der Waals surface area contributed by atoms with E-state index in [1.165, 1.54) is 10.4 Å². The van der Waals surface area contributed by atoms with Crippen molar-refractivity contribution < 1.29 is 0 Å². The van der Waals surface area contributed by atoms with E-state index in [1.807, 2.05) is 19.4 Å². The van der Waals surface area contributed by atoms with Crippen molar-refractivity contribution in [3.63, 3.8) is 0 Å². The molecule has 0 aromatic carbocycles. The standard InChI is InChI=1S/C12H12Br2N2S/c1-15-10(6-8-2-4-16-5-3-8)11-7-9(13)12(14)17-11/h2-5,7,10,15H,6H2,1H3. The molecule has 2 nitrogen and oxygen atoms in total. The van der Waals surface area contributed by atoms with E-state index in [9.17, 15) is 0 Å². The average molecular weight is 376 g/mol. The van der Waals surface area contributed by atoms with Gasteiger partial charge in [0.25, 0.3) is 0 Å². The van der Waals surface area contributed by atoms with Gasteiger partial charge in [-0.15, -0.1) is 11.3 Å². The van der Waals surface area contributed by atoms with Crippen molar-refractivity contribution in [3.8, 4) is 0 Å². The third-order valence-electron chi connectivity index (χ3n) is 2.55. The zero-order chi connectivity index (χ0) is 12.3. The van der Waals surface area contributed by atoms with Crippen LogP contribution in [0.5, 0.6) is 0 Å². The van der Waals surface area contributed by atoms with Crippen LogP contribution in [0.25, 0.3) is 0 Å². The van der Waals surface area contributed by atoms with E-state index < -0.39 is 0 Å². The maximum absolute atomic E-state index is 4.04. The number of halogens is 2. The molecular weight excluding hydrogens is 364 g/mol. The third-order valence-corrected chi connectivity index (χ3v) is 5.92. The summed E-state index contributed by atoms with van der Waals surface area (Å²) in [5, 5.41) is 3.36. The van der Waals surface area contributed by atoms with Crippen LogP contribution in [-0.2, 0) is 6.42 Å². The molecule has 2 aromatic rings. The van der Waals surface area contributed by atoms with Crippen LogP contribution in [0.3, 0.4) is 0 Å². The SMILES string of the molecule is CNC(Cc1ccncc1)c1cc(Br)c(Br)s1. The number of aromatic nitrogens is 1. The highest BCUT2D eigenvalue weighted by Gasteiger charge is 2.14. The Bertz CT molecular complexity index is 465. The summed E-state index contributed by atoms with van der Waals surface area (Å²) < 4.78 is 2.26. The molecule has 1 unspecified atom stereocenters. The second kappa shape index (κ2) is 6.09. The first-order valence-corrected chi connectivity index (χ1v) is 7.62. The summed E-state index contributed by atoms with van der Waals surface area (Å²) in [5.41, 5.74) is 1.29. The zero-order valence-corrected chi connectivity index (χ0v) is 13.3. The number of nitrogens with zero attached hydrogens (tertiary/aromatic N) is 1. The summed E-state index contributed by atoms with van der Waals surface area (Å²) in [6.07, 6.45) is 4.64. The Morgan fingerprint density at radius 3 is 2.59 bits per heavy atom. The molecule has 0 saturated carbocycles. The predicted molar refractivity (Wildman–Crippen MR) is 79.5 cm³/mol. The first kappa shape index (κ1) is 13.2. The molecule has 90 valence electrons. The number of hydrogen-bond acceptors (Lipinski definition) is 3. The molecular formula is C12H12Br2N2S. The van der Waals surface area contributed by atoms with Crippen molar-refractivity contribution in [1.82, 2.24) is 10.3 Å². The minimum Gasteiger partial charge on any atom is -0.312 e. The van der Waals surface area contributed by atoms with Crippen LogP contribution in [0.1, 0.15) is 16.5 Å². The molecule has 0 amide bonds. The summed E-state index contributed by atoms with van der Waals surface area (Å²) in [7, 11) is 1.99. The van der Waals surface area contributed by atoms with Gasteiger partial charge in [-0.05, 0) is 69.1 Å². The van der Waals surface area contributed by atoms with Crippen LogP contribution in [0.2, 0.25) is 0 Å². The molecule has 0 aliphatic heterocycles. The highest BCUT2D eigenvalue weighted by atomic mass is 79.9. The van der Waals surface area contributed by atoms with E-state index >= 15 is 0 Å². The van der Waals surface area contributed by atoms with Crippen molar-refractivity contribution in [2.75, 3.05) is 7.05 Å². The lowest BCUT2D eigenvalue weighted by Gasteiger charge is -2.14. The molecule has 5 heteroatoms. The van der Waals surface area contributed by atoms with Gasteiger partial charge in [0.2, 0.25) is 0 Å². The smallest absolute Gasteiger partial charge is 0.0843 e. The van der Waals surface area contributed by atoms with Crippen molar-refractivity contribution in [2.45, 2.75) is 12.5 Å². The van der Waals surface area contributed by atoms with Crippen molar-refractivity contribution in [1.29, 1.82) is 0 Å². The molecule has 1 atom stereocenters.